The van der Waals surface area contributed by atoms with E-state index in [1.807, 2.05) is 25.1 Å². The van der Waals surface area contributed by atoms with Crippen LogP contribution in [-0.2, 0) is 0 Å². The van der Waals surface area contributed by atoms with Gasteiger partial charge in [-0.05, 0) is 46.6 Å². The molecule has 2 N–H and O–H groups in total. The molecule has 0 atom stereocenters. The fraction of sp³-hybridized carbons (Fsp3) is 0.0714. The van der Waals surface area contributed by atoms with Gasteiger partial charge in [0, 0.05) is 4.47 Å². The molecule has 1 heterocycles. The average molecular weight is 320 g/mol. The number of fused-ring (bicyclic) bond motifs is 1. The molecule has 19 heavy (non-hydrogen) atoms. The van der Waals surface area contributed by atoms with Gasteiger partial charge in [-0.15, -0.1) is 0 Å². The fourth-order valence-electron chi connectivity index (χ4n) is 2.19. The van der Waals surface area contributed by atoms with Crippen LogP contribution in [0.4, 0.5) is 10.3 Å². The van der Waals surface area contributed by atoms with Gasteiger partial charge < -0.3 is 5.73 Å². The van der Waals surface area contributed by atoms with E-state index in [0.29, 0.717) is 10.2 Å². The van der Waals surface area contributed by atoms with Crippen LogP contribution >= 0.6 is 15.9 Å². The molecule has 0 saturated carbocycles. The molecule has 0 fully saturated rings. The van der Waals surface area contributed by atoms with E-state index < -0.39 is 0 Å². The Kier molecular flexibility index (Phi) is 2.78. The number of aromatic nitrogens is 2. The Labute approximate surface area is 118 Å². The zero-order valence-corrected chi connectivity index (χ0v) is 11.8. The van der Waals surface area contributed by atoms with E-state index in [0.717, 1.165) is 16.6 Å². The predicted molar refractivity (Wildman–Crippen MR) is 77.9 cm³/mol. The molecule has 3 nitrogen and oxygen atoms in total. The van der Waals surface area contributed by atoms with Gasteiger partial charge in [0.1, 0.15) is 5.82 Å². The smallest absolute Gasteiger partial charge is 0.206 e. The molecule has 0 unspecified atom stereocenters. The van der Waals surface area contributed by atoms with Gasteiger partial charge >= 0.3 is 0 Å². The summed E-state index contributed by atoms with van der Waals surface area (Å²) in [6.07, 6.45) is 0. The van der Waals surface area contributed by atoms with Crippen LogP contribution in [0.25, 0.3) is 16.7 Å². The lowest BCUT2D eigenvalue weighted by Gasteiger charge is -2.10. The summed E-state index contributed by atoms with van der Waals surface area (Å²) in [5, 5.41) is 0. The van der Waals surface area contributed by atoms with Crippen molar-refractivity contribution in [2.45, 2.75) is 6.92 Å². The highest BCUT2D eigenvalue weighted by atomic mass is 79.9. The van der Waals surface area contributed by atoms with Gasteiger partial charge in [0.05, 0.1) is 16.7 Å². The SMILES string of the molecule is Cc1cccc2c1nc(N)n2-c1c(F)cccc1Br. The van der Waals surface area contributed by atoms with E-state index in [1.165, 1.54) is 6.07 Å². The van der Waals surface area contributed by atoms with E-state index in [2.05, 4.69) is 20.9 Å². The summed E-state index contributed by atoms with van der Waals surface area (Å²) in [7, 11) is 0. The lowest BCUT2D eigenvalue weighted by molar-refractivity contribution is 0.619. The second kappa shape index (κ2) is 4.35. The summed E-state index contributed by atoms with van der Waals surface area (Å²) in [5.41, 5.74) is 8.93. The van der Waals surface area contributed by atoms with Crippen molar-refractivity contribution in [2.75, 3.05) is 5.73 Å². The van der Waals surface area contributed by atoms with Crippen LogP contribution < -0.4 is 5.73 Å². The molecule has 0 radical (unpaired) electrons. The standard InChI is InChI=1S/C14H11BrFN3/c1-8-4-2-7-11-12(8)18-14(17)19(11)13-9(15)5-3-6-10(13)16/h2-7H,1H3,(H2,17,18). The van der Waals surface area contributed by atoms with E-state index in [4.69, 9.17) is 5.73 Å². The Bertz CT molecular complexity index is 759. The highest BCUT2D eigenvalue weighted by Gasteiger charge is 2.16. The van der Waals surface area contributed by atoms with Crippen LogP contribution in [-0.4, -0.2) is 9.55 Å². The number of anilines is 1. The average Bonchev–Trinajstić information content (AvgIpc) is 2.68. The van der Waals surface area contributed by atoms with Gasteiger partial charge in [-0.1, -0.05) is 18.2 Å². The van der Waals surface area contributed by atoms with E-state index in [-0.39, 0.29) is 11.8 Å². The first-order valence-corrected chi connectivity index (χ1v) is 6.57. The van der Waals surface area contributed by atoms with Crippen molar-refractivity contribution >= 4 is 32.9 Å². The molecule has 1 aromatic heterocycles. The Morgan fingerprint density at radius 1 is 1.21 bits per heavy atom. The molecule has 0 aliphatic heterocycles. The quantitative estimate of drug-likeness (QED) is 0.741. The highest BCUT2D eigenvalue weighted by Crippen LogP contribution is 2.31. The summed E-state index contributed by atoms with van der Waals surface area (Å²) in [6, 6.07) is 10.6. The number of nitrogens with zero attached hydrogens (tertiary/aromatic N) is 2. The first kappa shape index (κ1) is 12.2. The molecule has 0 amide bonds. The number of hydrogen-bond acceptors (Lipinski definition) is 2. The molecular formula is C14H11BrFN3. The maximum atomic E-state index is 14.1. The van der Waals surface area contributed by atoms with Crippen molar-refractivity contribution in [1.29, 1.82) is 0 Å². The van der Waals surface area contributed by atoms with Crippen molar-refractivity contribution in [3.8, 4) is 5.69 Å². The third kappa shape index (κ3) is 1.81. The van der Waals surface area contributed by atoms with Gasteiger partial charge in [0.2, 0.25) is 5.95 Å². The molecule has 96 valence electrons. The Balaban J connectivity index is 2.44. The molecule has 0 spiro atoms. The Morgan fingerprint density at radius 2 is 1.95 bits per heavy atom. The number of benzene rings is 2. The summed E-state index contributed by atoms with van der Waals surface area (Å²) < 4.78 is 16.4. The van der Waals surface area contributed by atoms with E-state index in [9.17, 15) is 4.39 Å². The monoisotopic (exact) mass is 319 g/mol. The number of rotatable bonds is 1. The number of halogens is 2. The summed E-state index contributed by atoms with van der Waals surface area (Å²) >= 11 is 3.36. The first-order valence-electron chi connectivity index (χ1n) is 5.77. The third-order valence-electron chi connectivity index (χ3n) is 3.07. The number of nitrogens with two attached hydrogens (primary N) is 1. The number of aryl methyl sites for hydroxylation is 1. The normalized spacial score (nSPS) is 11.1. The molecule has 0 bridgehead atoms. The van der Waals surface area contributed by atoms with E-state index in [1.54, 1.807) is 16.7 Å². The van der Waals surface area contributed by atoms with Crippen molar-refractivity contribution in [1.82, 2.24) is 9.55 Å². The summed E-state index contributed by atoms with van der Waals surface area (Å²) in [4.78, 5) is 4.32. The third-order valence-corrected chi connectivity index (χ3v) is 3.71. The topological polar surface area (TPSA) is 43.8 Å². The van der Waals surface area contributed by atoms with Gasteiger partial charge in [-0.3, -0.25) is 4.57 Å². The minimum absolute atomic E-state index is 0.273. The number of nitrogen functional groups attached to an aromatic ring is 1. The maximum absolute atomic E-state index is 14.1. The van der Waals surface area contributed by atoms with Crippen LogP contribution in [0.3, 0.4) is 0 Å². The molecule has 5 heteroatoms. The molecule has 3 rings (SSSR count). The van der Waals surface area contributed by atoms with Crippen molar-refractivity contribution in [3.05, 3.63) is 52.3 Å². The molecule has 2 aromatic carbocycles. The molecule has 0 aliphatic rings. The largest absolute Gasteiger partial charge is 0.369 e. The Morgan fingerprint density at radius 3 is 2.68 bits per heavy atom. The second-order valence-corrected chi connectivity index (χ2v) is 5.17. The highest BCUT2D eigenvalue weighted by molar-refractivity contribution is 9.10. The molecule has 0 aliphatic carbocycles. The summed E-state index contributed by atoms with van der Waals surface area (Å²) in [5.74, 6) is -0.0722. The van der Waals surface area contributed by atoms with Crippen LogP contribution in [0.1, 0.15) is 5.56 Å². The maximum Gasteiger partial charge on any atom is 0.206 e. The van der Waals surface area contributed by atoms with Crippen molar-refractivity contribution in [2.24, 2.45) is 0 Å². The fourth-order valence-corrected chi connectivity index (χ4v) is 2.71. The Hall–Kier alpha value is -1.88. The predicted octanol–water partition coefficient (Wildman–Crippen LogP) is 3.82. The summed E-state index contributed by atoms with van der Waals surface area (Å²) in [6.45, 7) is 1.95. The zero-order chi connectivity index (χ0) is 13.6. The lowest BCUT2D eigenvalue weighted by atomic mass is 10.2. The van der Waals surface area contributed by atoms with Crippen molar-refractivity contribution < 1.29 is 4.39 Å². The number of para-hydroxylation sites is 2. The molecular weight excluding hydrogens is 309 g/mol. The zero-order valence-electron chi connectivity index (χ0n) is 10.2. The number of hydrogen-bond donors (Lipinski definition) is 1. The molecule has 3 aromatic rings. The second-order valence-electron chi connectivity index (χ2n) is 4.32. The van der Waals surface area contributed by atoms with Crippen LogP contribution in [0.15, 0.2) is 40.9 Å². The lowest BCUT2D eigenvalue weighted by Crippen LogP contribution is -2.03. The van der Waals surface area contributed by atoms with E-state index >= 15 is 0 Å². The number of imidazole rings is 1. The van der Waals surface area contributed by atoms with Crippen LogP contribution in [0, 0.1) is 12.7 Å². The first-order chi connectivity index (χ1) is 9.09. The minimum Gasteiger partial charge on any atom is -0.369 e. The minimum atomic E-state index is -0.345. The van der Waals surface area contributed by atoms with Gasteiger partial charge in [0.25, 0.3) is 0 Å². The van der Waals surface area contributed by atoms with Crippen LogP contribution in [0.2, 0.25) is 0 Å². The van der Waals surface area contributed by atoms with Gasteiger partial charge in [-0.25, -0.2) is 9.37 Å². The molecule has 0 saturated heterocycles. The van der Waals surface area contributed by atoms with Crippen LogP contribution in [0.5, 0.6) is 0 Å². The van der Waals surface area contributed by atoms with Gasteiger partial charge in [0.15, 0.2) is 0 Å². The van der Waals surface area contributed by atoms with Crippen molar-refractivity contribution in [3.63, 3.8) is 0 Å². The van der Waals surface area contributed by atoms with Gasteiger partial charge in [-0.2, -0.15) is 0 Å².